The zero-order valence-corrected chi connectivity index (χ0v) is 11.8. The lowest BCUT2D eigenvalue weighted by atomic mass is 10.1. The van der Waals surface area contributed by atoms with E-state index in [2.05, 4.69) is 38.0 Å². The number of aryl methyl sites for hydroxylation is 1. The standard InChI is InChI=1S/C16H20N2O/c1-4-13-5-7-14(8-6-13)16-15(11-19)10-18(17-16)9-12(2)3/h5-8,10-12H,4,9H2,1-3H3. The van der Waals surface area contributed by atoms with E-state index in [0.29, 0.717) is 11.5 Å². The molecule has 0 saturated carbocycles. The van der Waals surface area contributed by atoms with E-state index in [1.807, 2.05) is 23.0 Å². The van der Waals surface area contributed by atoms with Crippen molar-refractivity contribution >= 4 is 6.29 Å². The van der Waals surface area contributed by atoms with Crippen molar-refractivity contribution in [1.29, 1.82) is 0 Å². The van der Waals surface area contributed by atoms with Crippen LogP contribution in [0.4, 0.5) is 0 Å². The van der Waals surface area contributed by atoms with Crippen molar-refractivity contribution in [3.05, 3.63) is 41.6 Å². The SMILES string of the molecule is CCc1ccc(-c2nn(CC(C)C)cc2C=O)cc1. The van der Waals surface area contributed by atoms with Crippen molar-refractivity contribution in [2.75, 3.05) is 0 Å². The number of hydrogen-bond acceptors (Lipinski definition) is 2. The molecule has 0 radical (unpaired) electrons. The molecule has 0 unspecified atom stereocenters. The molecule has 1 heterocycles. The fourth-order valence-corrected chi connectivity index (χ4v) is 2.11. The monoisotopic (exact) mass is 256 g/mol. The van der Waals surface area contributed by atoms with E-state index in [1.54, 1.807) is 0 Å². The maximum atomic E-state index is 11.2. The van der Waals surface area contributed by atoms with Gasteiger partial charge in [-0.25, -0.2) is 0 Å². The lowest BCUT2D eigenvalue weighted by molar-refractivity contribution is 0.112. The van der Waals surface area contributed by atoms with E-state index in [0.717, 1.165) is 30.5 Å². The molecule has 0 spiro atoms. The molecule has 0 atom stereocenters. The summed E-state index contributed by atoms with van der Waals surface area (Å²) in [6.07, 6.45) is 3.73. The van der Waals surface area contributed by atoms with Crippen LogP contribution in [0.2, 0.25) is 0 Å². The zero-order valence-electron chi connectivity index (χ0n) is 11.8. The van der Waals surface area contributed by atoms with Gasteiger partial charge in [-0.3, -0.25) is 9.48 Å². The highest BCUT2D eigenvalue weighted by Gasteiger charge is 2.11. The minimum Gasteiger partial charge on any atom is -0.298 e. The molecule has 3 heteroatoms. The predicted octanol–water partition coefficient (Wildman–Crippen LogP) is 3.58. The number of carbonyl (C=O) groups excluding carboxylic acids is 1. The van der Waals surface area contributed by atoms with Crippen molar-refractivity contribution in [2.45, 2.75) is 33.7 Å². The Labute approximate surface area is 114 Å². The Morgan fingerprint density at radius 3 is 2.47 bits per heavy atom. The largest absolute Gasteiger partial charge is 0.298 e. The Balaban J connectivity index is 2.36. The van der Waals surface area contributed by atoms with Gasteiger partial charge < -0.3 is 0 Å². The molecule has 19 heavy (non-hydrogen) atoms. The molecule has 1 aromatic carbocycles. The van der Waals surface area contributed by atoms with Gasteiger partial charge in [0.15, 0.2) is 6.29 Å². The van der Waals surface area contributed by atoms with Crippen molar-refractivity contribution in [3.8, 4) is 11.3 Å². The molecule has 2 rings (SSSR count). The Bertz CT molecular complexity index is 553. The molecule has 100 valence electrons. The van der Waals surface area contributed by atoms with E-state index >= 15 is 0 Å². The third kappa shape index (κ3) is 3.11. The molecule has 0 amide bonds. The minimum absolute atomic E-state index is 0.509. The number of nitrogens with zero attached hydrogens (tertiary/aromatic N) is 2. The third-order valence-corrected chi connectivity index (χ3v) is 3.10. The van der Waals surface area contributed by atoms with Crippen molar-refractivity contribution in [2.24, 2.45) is 5.92 Å². The molecular weight excluding hydrogens is 236 g/mol. The summed E-state index contributed by atoms with van der Waals surface area (Å²) in [7, 11) is 0. The second kappa shape index (κ2) is 5.83. The van der Waals surface area contributed by atoms with Gasteiger partial charge in [-0.2, -0.15) is 5.10 Å². The van der Waals surface area contributed by atoms with E-state index in [9.17, 15) is 4.79 Å². The molecular formula is C16H20N2O. The normalized spacial score (nSPS) is 10.9. The number of carbonyl (C=O) groups is 1. The molecule has 0 N–H and O–H groups in total. The van der Waals surface area contributed by atoms with Crippen LogP contribution in [0, 0.1) is 5.92 Å². The molecule has 0 aliphatic heterocycles. The van der Waals surface area contributed by atoms with Crippen LogP contribution in [0.1, 0.15) is 36.7 Å². The summed E-state index contributed by atoms with van der Waals surface area (Å²) < 4.78 is 1.86. The number of aldehydes is 1. The van der Waals surface area contributed by atoms with Crippen LogP contribution in [0.5, 0.6) is 0 Å². The summed E-state index contributed by atoms with van der Waals surface area (Å²) in [5, 5.41) is 4.53. The summed E-state index contributed by atoms with van der Waals surface area (Å²) in [5.41, 5.74) is 3.73. The van der Waals surface area contributed by atoms with E-state index in [1.165, 1.54) is 5.56 Å². The van der Waals surface area contributed by atoms with Gasteiger partial charge >= 0.3 is 0 Å². The third-order valence-electron chi connectivity index (χ3n) is 3.10. The predicted molar refractivity (Wildman–Crippen MR) is 77.3 cm³/mol. The first-order chi connectivity index (χ1) is 9.13. The number of aromatic nitrogens is 2. The van der Waals surface area contributed by atoms with Gasteiger partial charge in [0, 0.05) is 18.3 Å². The molecule has 0 aliphatic carbocycles. The zero-order chi connectivity index (χ0) is 13.8. The second-order valence-electron chi connectivity index (χ2n) is 5.22. The summed E-state index contributed by atoms with van der Waals surface area (Å²) in [5.74, 6) is 0.509. The van der Waals surface area contributed by atoms with Gasteiger partial charge in [0.25, 0.3) is 0 Å². The second-order valence-corrected chi connectivity index (χ2v) is 5.22. The first-order valence-electron chi connectivity index (χ1n) is 6.76. The van der Waals surface area contributed by atoms with Crippen LogP contribution < -0.4 is 0 Å². The van der Waals surface area contributed by atoms with Gasteiger partial charge in [-0.15, -0.1) is 0 Å². The van der Waals surface area contributed by atoms with E-state index in [-0.39, 0.29) is 0 Å². The first-order valence-corrected chi connectivity index (χ1v) is 6.76. The van der Waals surface area contributed by atoms with Crippen molar-refractivity contribution in [3.63, 3.8) is 0 Å². The molecule has 0 fully saturated rings. The fourth-order valence-electron chi connectivity index (χ4n) is 2.11. The van der Waals surface area contributed by atoms with Crippen LogP contribution >= 0.6 is 0 Å². The van der Waals surface area contributed by atoms with Gasteiger partial charge in [0.1, 0.15) is 5.69 Å². The van der Waals surface area contributed by atoms with Crippen molar-refractivity contribution in [1.82, 2.24) is 9.78 Å². The van der Waals surface area contributed by atoms with Crippen LogP contribution in [-0.2, 0) is 13.0 Å². The maximum absolute atomic E-state index is 11.2. The Kier molecular flexibility index (Phi) is 4.15. The lowest BCUT2D eigenvalue weighted by Gasteiger charge is -2.04. The number of rotatable bonds is 5. The van der Waals surface area contributed by atoms with E-state index < -0.39 is 0 Å². The van der Waals surface area contributed by atoms with Crippen molar-refractivity contribution < 1.29 is 4.79 Å². The molecule has 0 bridgehead atoms. The summed E-state index contributed by atoms with van der Waals surface area (Å²) in [6.45, 7) is 7.23. The Morgan fingerprint density at radius 2 is 1.95 bits per heavy atom. The molecule has 0 aliphatic rings. The highest BCUT2D eigenvalue weighted by atomic mass is 16.1. The average Bonchev–Trinajstić information content (AvgIpc) is 2.81. The van der Waals surface area contributed by atoms with Crippen LogP contribution in [0.25, 0.3) is 11.3 Å². The van der Waals surface area contributed by atoms with Crippen LogP contribution in [0.3, 0.4) is 0 Å². The molecule has 1 aromatic heterocycles. The highest BCUT2D eigenvalue weighted by molar-refractivity contribution is 5.85. The quantitative estimate of drug-likeness (QED) is 0.766. The Hall–Kier alpha value is -1.90. The summed E-state index contributed by atoms with van der Waals surface area (Å²) in [4.78, 5) is 11.2. The summed E-state index contributed by atoms with van der Waals surface area (Å²) in [6, 6.07) is 8.25. The van der Waals surface area contributed by atoms with Gasteiger partial charge in [-0.1, -0.05) is 45.0 Å². The smallest absolute Gasteiger partial charge is 0.153 e. The van der Waals surface area contributed by atoms with Gasteiger partial charge in [0.2, 0.25) is 0 Å². The fraction of sp³-hybridized carbons (Fsp3) is 0.375. The van der Waals surface area contributed by atoms with E-state index in [4.69, 9.17) is 0 Å². The Morgan fingerprint density at radius 1 is 1.26 bits per heavy atom. The maximum Gasteiger partial charge on any atom is 0.153 e. The average molecular weight is 256 g/mol. The van der Waals surface area contributed by atoms with Gasteiger partial charge in [0.05, 0.1) is 5.56 Å². The molecule has 0 saturated heterocycles. The minimum atomic E-state index is 0.509. The van der Waals surface area contributed by atoms with Crippen LogP contribution in [-0.4, -0.2) is 16.1 Å². The highest BCUT2D eigenvalue weighted by Crippen LogP contribution is 2.22. The lowest BCUT2D eigenvalue weighted by Crippen LogP contribution is -2.04. The van der Waals surface area contributed by atoms with Gasteiger partial charge in [-0.05, 0) is 17.9 Å². The van der Waals surface area contributed by atoms with Crippen LogP contribution in [0.15, 0.2) is 30.5 Å². The number of hydrogen-bond donors (Lipinski definition) is 0. The topological polar surface area (TPSA) is 34.9 Å². The number of benzene rings is 1. The summed E-state index contributed by atoms with van der Waals surface area (Å²) >= 11 is 0. The molecule has 3 nitrogen and oxygen atoms in total. The first kappa shape index (κ1) is 13.5. The molecule has 2 aromatic rings.